The van der Waals surface area contributed by atoms with Crippen molar-refractivity contribution >= 4 is 35.0 Å². The monoisotopic (exact) mass is 328 g/mol. The average Bonchev–Trinajstić information content (AvgIpc) is 2.55. The molecule has 2 aromatic carbocycles. The summed E-state index contributed by atoms with van der Waals surface area (Å²) in [6.45, 7) is 0.0232. The van der Waals surface area contributed by atoms with Crippen molar-refractivity contribution in [1.82, 2.24) is 0 Å². The van der Waals surface area contributed by atoms with Crippen LogP contribution in [0.25, 0.3) is 0 Å². The summed E-state index contributed by atoms with van der Waals surface area (Å²) in [5, 5.41) is 5.55. The number of hydrogen-bond acceptors (Lipinski definition) is 4. The molecule has 118 valence electrons. The maximum Gasteiger partial charge on any atom is 0.262 e. The number of nitrogens with one attached hydrogen (secondary N) is 2. The fourth-order valence-electron chi connectivity index (χ4n) is 2.16. The summed E-state index contributed by atoms with van der Waals surface area (Å²) in [6.07, 6.45) is 0.416. The van der Waals surface area contributed by atoms with Gasteiger partial charge in [0.05, 0.1) is 5.69 Å². The number of benzene rings is 2. The highest BCUT2D eigenvalue weighted by molar-refractivity contribution is 7.99. The molecule has 0 spiro atoms. The van der Waals surface area contributed by atoms with E-state index in [1.807, 2.05) is 30.3 Å². The number of amides is 2. The van der Waals surface area contributed by atoms with E-state index in [-0.39, 0.29) is 18.4 Å². The predicted molar refractivity (Wildman–Crippen MR) is 91.0 cm³/mol. The van der Waals surface area contributed by atoms with Crippen LogP contribution in [-0.2, 0) is 9.59 Å². The number of anilines is 2. The first kappa shape index (κ1) is 15.4. The van der Waals surface area contributed by atoms with Crippen molar-refractivity contribution in [2.45, 2.75) is 11.3 Å². The van der Waals surface area contributed by atoms with Crippen molar-refractivity contribution in [3.8, 4) is 5.75 Å². The molecule has 0 atom stereocenters. The minimum atomic E-state index is -0.194. The van der Waals surface area contributed by atoms with Crippen LogP contribution < -0.4 is 15.4 Å². The number of thioether (sulfide) groups is 1. The molecule has 5 nitrogen and oxygen atoms in total. The van der Waals surface area contributed by atoms with Crippen molar-refractivity contribution < 1.29 is 14.3 Å². The highest BCUT2D eigenvalue weighted by Gasteiger charge is 2.16. The summed E-state index contributed by atoms with van der Waals surface area (Å²) in [5.41, 5.74) is 1.22. The first-order valence-electron chi connectivity index (χ1n) is 7.25. The Morgan fingerprint density at radius 1 is 1.22 bits per heavy atom. The Balaban J connectivity index is 1.52. The maximum atomic E-state index is 12.0. The summed E-state index contributed by atoms with van der Waals surface area (Å²) in [5.74, 6) is 1.07. The van der Waals surface area contributed by atoms with Gasteiger partial charge in [-0.1, -0.05) is 18.2 Å². The largest absolute Gasteiger partial charge is 0.482 e. The SMILES string of the molecule is O=C(CCSc1ccccc1)Nc1ccc2c(c1)NC(=O)CO2. The third-order valence-electron chi connectivity index (χ3n) is 3.24. The van der Waals surface area contributed by atoms with E-state index < -0.39 is 0 Å². The summed E-state index contributed by atoms with van der Waals surface area (Å²) < 4.78 is 5.28. The number of carbonyl (C=O) groups excluding carboxylic acids is 2. The lowest BCUT2D eigenvalue weighted by Crippen LogP contribution is -2.25. The van der Waals surface area contributed by atoms with Crippen LogP contribution in [0.3, 0.4) is 0 Å². The molecule has 0 fully saturated rings. The van der Waals surface area contributed by atoms with E-state index in [0.29, 0.717) is 29.3 Å². The second-order valence-corrected chi connectivity index (χ2v) is 6.18. The molecule has 0 radical (unpaired) electrons. The molecule has 0 aromatic heterocycles. The lowest BCUT2D eigenvalue weighted by Gasteiger charge is -2.18. The van der Waals surface area contributed by atoms with E-state index in [4.69, 9.17) is 4.74 Å². The normalized spacial score (nSPS) is 12.8. The van der Waals surface area contributed by atoms with E-state index >= 15 is 0 Å². The zero-order valence-electron chi connectivity index (χ0n) is 12.4. The molecule has 1 heterocycles. The number of fused-ring (bicyclic) bond motifs is 1. The standard InChI is InChI=1S/C17H16N2O3S/c20-16(8-9-23-13-4-2-1-3-5-13)18-12-6-7-15-14(10-12)19-17(21)11-22-15/h1-7,10H,8-9,11H2,(H,18,20)(H,19,21). The smallest absolute Gasteiger partial charge is 0.262 e. The first-order chi connectivity index (χ1) is 11.2. The van der Waals surface area contributed by atoms with Crippen LogP contribution in [0.1, 0.15) is 6.42 Å². The average molecular weight is 328 g/mol. The van der Waals surface area contributed by atoms with Crippen LogP contribution >= 0.6 is 11.8 Å². The molecule has 0 saturated carbocycles. The number of hydrogen-bond donors (Lipinski definition) is 2. The fraction of sp³-hybridized carbons (Fsp3) is 0.176. The van der Waals surface area contributed by atoms with Crippen LogP contribution in [0.2, 0.25) is 0 Å². The third-order valence-corrected chi connectivity index (χ3v) is 4.25. The molecule has 2 N–H and O–H groups in total. The van der Waals surface area contributed by atoms with Gasteiger partial charge in [-0.3, -0.25) is 9.59 Å². The second-order valence-electron chi connectivity index (χ2n) is 5.01. The molecule has 0 aliphatic carbocycles. The fourth-order valence-corrected chi connectivity index (χ4v) is 3.04. The van der Waals surface area contributed by atoms with Gasteiger partial charge in [-0.25, -0.2) is 0 Å². The summed E-state index contributed by atoms with van der Waals surface area (Å²) in [7, 11) is 0. The Bertz CT molecular complexity index is 719. The van der Waals surface area contributed by atoms with E-state index in [1.165, 1.54) is 0 Å². The van der Waals surface area contributed by atoms with Gasteiger partial charge in [0, 0.05) is 22.8 Å². The van der Waals surface area contributed by atoms with Crippen molar-refractivity contribution in [3.63, 3.8) is 0 Å². The van der Waals surface area contributed by atoms with Gasteiger partial charge in [0.25, 0.3) is 5.91 Å². The van der Waals surface area contributed by atoms with Crippen LogP contribution in [0.5, 0.6) is 5.75 Å². The number of rotatable bonds is 5. The molecule has 6 heteroatoms. The van der Waals surface area contributed by atoms with Crippen molar-refractivity contribution in [3.05, 3.63) is 48.5 Å². The minimum absolute atomic E-state index is 0.0232. The van der Waals surface area contributed by atoms with Gasteiger partial charge in [0.2, 0.25) is 5.91 Å². The molecular weight excluding hydrogens is 312 g/mol. The quantitative estimate of drug-likeness (QED) is 0.828. The zero-order chi connectivity index (χ0) is 16.1. The molecule has 23 heavy (non-hydrogen) atoms. The van der Waals surface area contributed by atoms with Crippen LogP contribution in [0.4, 0.5) is 11.4 Å². The van der Waals surface area contributed by atoms with E-state index in [9.17, 15) is 9.59 Å². The Labute approximate surface area is 138 Å². The zero-order valence-corrected chi connectivity index (χ0v) is 13.2. The van der Waals surface area contributed by atoms with Crippen LogP contribution in [0, 0.1) is 0 Å². The Morgan fingerprint density at radius 3 is 2.87 bits per heavy atom. The lowest BCUT2D eigenvalue weighted by atomic mass is 10.2. The lowest BCUT2D eigenvalue weighted by molar-refractivity contribution is -0.118. The van der Waals surface area contributed by atoms with Crippen LogP contribution in [-0.4, -0.2) is 24.2 Å². The Hall–Kier alpha value is -2.47. The van der Waals surface area contributed by atoms with Crippen LogP contribution in [0.15, 0.2) is 53.4 Å². The summed E-state index contributed by atoms with van der Waals surface area (Å²) >= 11 is 1.64. The van der Waals surface area contributed by atoms with Crippen molar-refractivity contribution in [2.75, 3.05) is 23.0 Å². The van der Waals surface area contributed by atoms with Gasteiger partial charge in [-0.05, 0) is 30.3 Å². The minimum Gasteiger partial charge on any atom is -0.482 e. The molecule has 1 aliphatic heterocycles. The van der Waals surface area contributed by atoms with Gasteiger partial charge in [0.15, 0.2) is 6.61 Å². The van der Waals surface area contributed by atoms with Gasteiger partial charge < -0.3 is 15.4 Å². The van der Waals surface area contributed by atoms with Crippen molar-refractivity contribution in [1.29, 1.82) is 0 Å². The molecule has 1 aliphatic rings. The van der Waals surface area contributed by atoms with Gasteiger partial charge in [-0.15, -0.1) is 11.8 Å². The first-order valence-corrected chi connectivity index (χ1v) is 8.24. The molecule has 0 unspecified atom stereocenters. The van der Waals surface area contributed by atoms with Crippen molar-refractivity contribution in [2.24, 2.45) is 0 Å². The van der Waals surface area contributed by atoms with E-state index in [2.05, 4.69) is 10.6 Å². The van der Waals surface area contributed by atoms with E-state index in [1.54, 1.807) is 30.0 Å². The number of carbonyl (C=O) groups is 2. The molecular formula is C17H16N2O3S. The molecule has 0 bridgehead atoms. The topological polar surface area (TPSA) is 67.4 Å². The molecule has 3 rings (SSSR count). The summed E-state index contributed by atoms with van der Waals surface area (Å²) in [4.78, 5) is 24.4. The summed E-state index contributed by atoms with van der Waals surface area (Å²) in [6, 6.07) is 15.2. The Kier molecular flexibility index (Phi) is 4.83. The number of ether oxygens (including phenoxy) is 1. The molecule has 0 saturated heterocycles. The van der Waals surface area contributed by atoms with Gasteiger partial charge in [-0.2, -0.15) is 0 Å². The third kappa shape index (κ3) is 4.26. The molecule has 2 amide bonds. The van der Waals surface area contributed by atoms with E-state index in [0.717, 1.165) is 4.90 Å². The predicted octanol–water partition coefficient (Wildman–Crippen LogP) is 3.14. The van der Waals surface area contributed by atoms with Gasteiger partial charge in [0.1, 0.15) is 5.75 Å². The highest BCUT2D eigenvalue weighted by Crippen LogP contribution is 2.30. The highest BCUT2D eigenvalue weighted by atomic mass is 32.2. The molecule has 2 aromatic rings. The van der Waals surface area contributed by atoms with Gasteiger partial charge >= 0.3 is 0 Å². The Morgan fingerprint density at radius 2 is 2.04 bits per heavy atom. The second kappa shape index (κ2) is 7.19. The maximum absolute atomic E-state index is 12.0.